The number of benzene rings is 2. The summed E-state index contributed by atoms with van der Waals surface area (Å²) in [6.45, 7) is 0.412. The van der Waals surface area contributed by atoms with Crippen LogP contribution in [-0.4, -0.2) is 31.9 Å². The summed E-state index contributed by atoms with van der Waals surface area (Å²) in [6, 6.07) is 13.5. The average Bonchev–Trinajstić information content (AvgIpc) is 3.04. The van der Waals surface area contributed by atoms with Crippen molar-refractivity contribution in [3.8, 4) is 0 Å². The Labute approximate surface area is 157 Å². The van der Waals surface area contributed by atoms with Crippen LogP contribution in [0.4, 0.5) is 0 Å². The van der Waals surface area contributed by atoms with E-state index in [0.29, 0.717) is 19.4 Å². The standard InChI is InChI=1S/C19H22N4O3S/c20-17(11-14-12-23-18-4-2-1-3-16(14)18)19(24)22-10-9-13-5-7-15(8-6-13)27(21,25)26/h1-8,12,17,23H,9-11,20H2,(H,22,24)(H2,21,25,26). The van der Waals surface area contributed by atoms with E-state index in [1.165, 1.54) is 12.1 Å². The number of hydrogen-bond acceptors (Lipinski definition) is 4. The number of amides is 1. The zero-order valence-corrected chi connectivity index (χ0v) is 15.5. The Morgan fingerprint density at radius 2 is 1.81 bits per heavy atom. The molecule has 7 nitrogen and oxygen atoms in total. The first kappa shape index (κ1) is 19.1. The number of carbonyl (C=O) groups excluding carboxylic acids is 1. The van der Waals surface area contributed by atoms with Gasteiger partial charge in [0.25, 0.3) is 0 Å². The molecule has 0 bridgehead atoms. The minimum absolute atomic E-state index is 0.0658. The summed E-state index contributed by atoms with van der Waals surface area (Å²) in [5, 5.41) is 8.95. The molecule has 1 aromatic heterocycles. The lowest BCUT2D eigenvalue weighted by molar-refractivity contribution is -0.122. The molecule has 1 unspecified atom stereocenters. The van der Waals surface area contributed by atoms with Crippen molar-refractivity contribution >= 4 is 26.8 Å². The normalized spacial score (nSPS) is 12.8. The lowest BCUT2D eigenvalue weighted by Crippen LogP contribution is -2.42. The Hall–Kier alpha value is -2.68. The van der Waals surface area contributed by atoms with E-state index in [1.54, 1.807) is 12.1 Å². The monoisotopic (exact) mass is 386 g/mol. The molecule has 142 valence electrons. The van der Waals surface area contributed by atoms with Crippen LogP contribution in [0.3, 0.4) is 0 Å². The van der Waals surface area contributed by atoms with Crippen LogP contribution in [0.2, 0.25) is 0 Å². The molecule has 27 heavy (non-hydrogen) atoms. The minimum atomic E-state index is -3.69. The largest absolute Gasteiger partial charge is 0.361 e. The van der Waals surface area contributed by atoms with E-state index >= 15 is 0 Å². The molecule has 0 aliphatic heterocycles. The molecule has 3 aromatic rings. The Balaban J connectivity index is 1.51. The fourth-order valence-corrected chi connectivity index (χ4v) is 3.45. The number of rotatable bonds is 7. The molecule has 1 atom stereocenters. The summed E-state index contributed by atoms with van der Waals surface area (Å²) in [7, 11) is -3.69. The summed E-state index contributed by atoms with van der Waals surface area (Å²) in [5.74, 6) is -0.221. The van der Waals surface area contributed by atoms with Crippen molar-refractivity contribution in [1.82, 2.24) is 10.3 Å². The number of primary sulfonamides is 1. The van der Waals surface area contributed by atoms with Gasteiger partial charge in [-0.25, -0.2) is 13.6 Å². The van der Waals surface area contributed by atoms with Gasteiger partial charge in [0.05, 0.1) is 10.9 Å². The molecule has 1 heterocycles. The lowest BCUT2D eigenvalue weighted by Gasteiger charge is -2.12. The highest BCUT2D eigenvalue weighted by Gasteiger charge is 2.16. The minimum Gasteiger partial charge on any atom is -0.361 e. The highest BCUT2D eigenvalue weighted by Crippen LogP contribution is 2.18. The molecule has 0 spiro atoms. The van der Waals surface area contributed by atoms with Gasteiger partial charge in [-0.1, -0.05) is 30.3 Å². The Bertz CT molecular complexity index is 1040. The Morgan fingerprint density at radius 1 is 1.11 bits per heavy atom. The van der Waals surface area contributed by atoms with Crippen LogP contribution in [0, 0.1) is 0 Å². The van der Waals surface area contributed by atoms with Crippen molar-refractivity contribution in [1.29, 1.82) is 0 Å². The smallest absolute Gasteiger partial charge is 0.238 e. The number of nitrogens with two attached hydrogens (primary N) is 2. The maximum Gasteiger partial charge on any atom is 0.238 e. The molecule has 0 aliphatic carbocycles. The maximum atomic E-state index is 12.2. The van der Waals surface area contributed by atoms with Crippen molar-refractivity contribution in [3.05, 3.63) is 65.9 Å². The fraction of sp³-hybridized carbons (Fsp3) is 0.211. The number of carbonyl (C=O) groups is 1. The van der Waals surface area contributed by atoms with Crippen LogP contribution in [0.25, 0.3) is 10.9 Å². The zero-order valence-electron chi connectivity index (χ0n) is 14.7. The molecule has 0 aliphatic rings. The number of aromatic amines is 1. The maximum absolute atomic E-state index is 12.2. The molecule has 1 amide bonds. The van der Waals surface area contributed by atoms with Crippen molar-refractivity contribution in [3.63, 3.8) is 0 Å². The van der Waals surface area contributed by atoms with Crippen LogP contribution in [0.1, 0.15) is 11.1 Å². The molecule has 0 saturated carbocycles. The molecular formula is C19H22N4O3S. The highest BCUT2D eigenvalue weighted by atomic mass is 32.2. The number of fused-ring (bicyclic) bond motifs is 1. The summed E-state index contributed by atoms with van der Waals surface area (Å²) in [5.41, 5.74) is 8.96. The molecule has 2 aromatic carbocycles. The van der Waals surface area contributed by atoms with Crippen molar-refractivity contribution in [2.75, 3.05) is 6.54 Å². The van der Waals surface area contributed by atoms with Crippen LogP contribution in [0.15, 0.2) is 59.6 Å². The lowest BCUT2D eigenvalue weighted by atomic mass is 10.0. The van der Waals surface area contributed by atoms with Gasteiger partial charge in [0.2, 0.25) is 15.9 Å². The van der Waals surface area contributed by atoms with Gasteiger partial charge in [0.15, 0.2) is 0 Å². The van der Waals surface area contributed by atoms with E-state index in [-0.39, 0.29) is 10.8 Å². The number of aromatic nitrogens is 1. The number of para-hydroxylation sites is 1. The highest BCUT2D eigenvalue weighted by molar-refractivity contribution is 7.89. The molecule has 0 saturated heterocycles. The summed E-state index contributed by atoms with van der Waals surface area (Å²) < 4.78 is 22.5. The molecule has 6 N–H and O–H groups in total. The molecular weight excluding hydrogens is 364 g/mol. The molecule has 3 rings (SSSR count). The van der Waals surface area contributed by atoms with Crippen LogP contribution in [-0.2, 0) is 27.7 Å². The SMILES string of the molecule is NC(Cc1c[nH]c2ccccc12)C(=O)NCCc1ccc(S(N)(=O)=O)cc1. The number of H-pyrrole nitrogens is 1. The second-order valence-electron chi connectivity index (χ2n) is 6.40. The van der Waals surface area contributed by atoms with Gasteiger partial charge >= 0.3 is 0 Å². The first-order valence-electron chi connectivity index (χ1n) is 8.54. The van der Waals surface area contributed by atoms with E-state index in [4.69, 9.17) is 10.9 Å². The van der Waals surface area contributed by atoms with Gasteiger partial charge in [0.1, 0.15) is 0 Å². The predicted octanol–water partition coefficient (Wildman–Crippen LogP) is 1.04. The number of hydrogen-bond donors (Lipinski definition) is 4. The van der Waals surface area contributed by atoms with Gasteiger partial charge in [-0.15, -0.1) is 0 Å². The number of sulfonamides is 1. The van der Waals surface area contributed by atoms with Gasteiger partial charge in [-0.2, -0.15) is 0 Å². The summed E-state index contributed by atoms with van der Waals surface area (Å²) in [4.78, 5) is 15.5. The van der Waals surface area contributed by atoms with Crippen LogP contribution in [0.5, 0.6) is 0 Å². The van der Waals surface area contributed by atoms with Gasteiger partial charge in [-0.05, 0) is 42.2 Å². The predicted molar refractivity (Wildman–Crippen MR) is 105 cm³/mol. The fourth-order valence-electron chi connectivity index (χ4n) is 2.94. The van der Waals surface area contributed by atoms with Crippen molar-refractivity contribution < 1.29 is 13.2 Å². The van der Waals surface area contributed by atoms with Gasteiger partial charge < -0.3 is 16.0 Å². The van der Waals surface area contributed by atoms with Crippen molar-refractivity contribution in [2.45, 2.75) is 23.8 Å². The van der Waals surface area contributed by atoms with E-state index in [2.05, 4.69) is 10.3 Å². The second-order valence-corrected chi connectivity index (χ2v) is 7.96. The quantitative estimate of drug-likeness (QED) is 0.483. The summed E-state index contributed by atoms with van der Waals surface area (Å²) in [6.07, 6.45) is 2.89. The Kier molecular flexibility index (Phi) is 5.59. The molecule has 0 fully saturated rings. The van der Waals surface area contributed by atoms with E-state index in [1.807, 2.05) is 30.5 Å². The summed E-state index contributed by atoms with van der Waals surface area (Å²) >= 11 is 0. The number of nitrogens with one attached hydrogen (secondary N) is 2. The molecule has 8 heteroatoms. The van der Waals surface area contributed by atoms with Crippen molar-refractivity contribution in [2.24, 2.45) is 10.9 Å². The van der Waals surface area contributed by atoms with Crippen LogP contribution >= 0.6 is 0 Å². The Morgan fingerprint density at radius 3 is 2.52 bits per heavy atom. The third kappa shape index (κ3) is 4.73. The van der Waals surface area contributed by atoms with Crippen LogP contribution < -0.4 is 16.2 Å². The van der Waals surface area contributed by atoms with E-state index < -0.39 is 16.1 Å². The zero-order chi connectivity index (χ0) is 19.4. The third-order valence-electron chi connectivity index (χ3n) is 4.42. The van der Waals surface area contributed by atoms with E-state index in [9.17, 15) is 13.2 Å². The second kappa shape index (κ2) is 7.91. The van der Waals surface area contributed by atoms with Gasteiger partial charge in [-0.3, -0.25) is 4.79 Å². The first-order chi connectivity index (χ1) is 12.8. The topological polar surface area (TPSA) is 131 Å². The first-order valence-corrected chi connectivity index (χ1v) is 10.1. The van der Waals surface area contributed by atoms with E-state index in [0.717, 1.165) is 22.0 Å². The average molecular weight is 386 g/mol. The third-order valence-corrected chi connectivity index (χ3v) is 5.35. The molecule has 0 radical (unpaired) electrons. The van der Waals surface area contributed by atoms with Gasteiger partial charge in [0, 0.05) is 23.6 Å².